The molecule has 0 aliphatic rings. The van der Waals surface area contributed by atoms with Crippen molar-refractivity contribution in [2.75, 3.05) is 37.8 Å². The van der Waals surface area contributed by atoms with Crippen LogP contribution < -0.4 is 10.6 Å². The maximum absolute atomic E-state index is 12.3. The molecule has 0 atom stereocenters. The van der Waals surface area contributed by atoms with Gasteiger partial charge < -0.3 is 15.5 Å². The summed E-state index contributed by atoms with van der Waals surface area (Å²) in [5.74, 6) is 0.953. The van der Waals surface area contributed by atoms with E-state index in [0.717, 1.165) is 23.2 Å². The number of hydrogen-bond donors (Lipinski definition) is 2. The van der Waals surface area contributed by atoms with Crippen LogP contribution in [0.1, 0.15) is 16.3 Å². The first-order valence-corrected chi connectivity index (χ1v) is 8.04. The molecule has 0 saturated heterocycles. The number of likely N-dealkylation sites (N-methyl/N-ethyl adjacent to an activating group) is 1. The van der Waals surface area contributed by atoms with Gasteiger partial charge in [0.2, 0.25) is 0 Å². The summed E-state index contributed by atoms with van der Waals surface area (Å²) in [5.41, 5.74) is 1.06. The van der Waals surface area contributed by atoms with Crippen LogP contribution in [0.3, 0.4) is 0 Å². The van der Waals surface area contributed by atoms with E-state index in [9.17, 15) is 4.79 Å². The summed E-state index contributed by atoms with van der Waals surface area (Å²) < 4.78 is 0.959. The number of aryl methyl sites for hydroxylation is 1. The fourth-order valence-electron chi connectivity index (χ4n) is 1.91. The summed E-state index contributed by atoms with van der Waals surface area (Å²) in [6.45, 7) is 3.40. The Morgan fingerprint density at radius 3 is 2.57 bits per heavy atom. The van der Waals surface area contributed by atoms with Gasteiger partial charge in [-0.2, -0.15) is 0 Å². The van der Waals surface area contributed by atoms with Gasteiger partial charge >= 0.3 is 0 Å². The molecule has 7 heteroatoms. The highest BCUT2D eigenvalue weighted by atomic mass is 79.9. The van der Waals surface area contributed by atoms with Gasteiger partial charge in [0.25, 0.3) is 5.91 Å². The molecule has 122 valence electrons. The summed E-state index contributed by atoms with van der Waals surface area (Å²) in [4.78, 5) is 22.9. The van der Waals surface area contributed by atoms with Gasteiger partial charge in [-0.05, 0) is 45.3 Å². The second-order valence-electron chi connectivity index (χ2n) is 5.38. The summed E-state index contributed by atoms with van der Waals surface area (Å²) in [6.07, 6.45) is 0. The molecule has 0 radical (unpaired) electrons. The van der Waals surface area contributed by atoms with Crippen LogP contribution in [0.15, 0.2) is 34.8 Å². The van der Waals surface area contributed by atoms with Crippen molar-refractivity contribution in [2.24, 2.45) is 0 Å². The van der Waals surface area contributed by atoms with Gasteiger partial charge in [-0.15, -0.1) is 0 Å². The Hall–Kier alpha value is -1.99. The first-order valence-electron chi connectivity index (χ1n) is 7.25. The van der Waals surface area contributed by atoms with E-state index in [-0.39, 0.29) is 5.91 Å². The number of anilines is 2. The number of nitrogens with zero attached hydrogens (tertiary/aromatic N) is 3. The lowest BCUT2D eigenvalue weighted by Crippen LogP contribution is -2.22. The number of amides is 1. The number of rotatable bonds is 6. The van der Waals surface area contributed by atoms with Crippen LogP contribution in [0.25, 0.3) is 0 Å². The van der Waals surface area contributed by atoms with E-state index in [1.807, 2.05) is 38.4 Å². The Bertz CT molecular complexity index is 673. The van der Waals surface area contributed by atoms with Gasteiger partial charge in [-0.25, -0.2) is 9.97 Å². The van der Waals surface area contributed by atoms with Gasteiger partial charge in [0.15, 0.2) is 0 Å². The normalized spacial score (nSPS) is 10.7. The fourth-order valence-corrected chi connectivity index (χ4v) is 2.17. The molecule has 0 aliphatic heterocycles. The lowest BCUT2D eigenvalue weighted by Gasteiger charge is -2.12. The number of nitrogens with one attached hydrogen (secondary N) is 2. The highest BCUT2D eigenvalue weighted by Crippen LogP contribution is 2.15. The smallest absolute Gasteiger partial charge is 0.274 e. The van der Waals surface area contributed by atoms with Crippen LogP contribution in [0, 0.1) is 6.92 Å². The molecule has 2 rings (SSSR count). The topological polar surface area (TPSA) is 70.2 Å². The van der Waals surface area contributed by atoms with Crippen molar-refractivity contribution >= 4 is 33.3 Å². The standard InChI is InChI=1S/C16H20BrN5O/c1-11-19-14(10-15(20-11)18-8-9-22(2)3)16(23)21-13-6-4-12(17)5-7-13/h4-7,10H,8-9H2,1-3H3,(H,21,23)(H,18,19,20). The molecule has 0 aliphatic carbocycles. The minimum atomic E-state index is -0.256. The number of halogens is 1. The molecule has 1 heterocycles. The molecule has 1 aromatic carbocycles. The molecule has 1 amide bonds. The molecule has 0 bridgehead atoms. The van der Waals surface area contributed by atoms with Crippen molar-refractivity contribution in [3.63, 3.8) is 0 Å². The van der Waals surface area contributed by atoms with Crippen LogP contribution in [0.5, 0.6) is 0 Å². The Morgan fingerprint density at radius 2 is 1.91 bits per heavy atom. The highest BCUT2D eigenvalue weighted by Gasteiger charge is 2.11. The molecule has 0 spiro atoms. The largest absolute Gasteiger partial charge is 0.369 e. The lowest BCUT2D eigenvalue weighted by atomic mass is 10.3. The van der Waals surface area contributed by atoms with E-state index >= 15 is 0 Å². The van der Waals surface area contributed by atoms with E-state index in [2.05, 4.69) is 41.4 Å². The Morgan fingerprint density at radius 1 is 1.22 bits per heavy atom. The molecular formula is C16H20BrN5O. The van der Waals surface area contributed by atoms with Crippen LogP contribution in [-0.2, 0) is 0 Å². The Kier molecular flexibility index (Phi) is 6.06. The second-order valence-corrected chi connectivity index (χ2v) is 6.29. The van der Waals surface area contributed by atoms with Crippen molar-refractivity contribution < 1.29 is 4.79 Å². The van der Waals surface area contributed by atoms with Crippen molar-refractivity contribution in [3.8, 4) is 0 Å². The first-order chi connectivity index (χ1) is 10.9. The molecule has 2 aromatic rings. The van der Waals surface area contributed by atoms with Crippen molar-refractivity contribution in [1.29, 1.82) is 0 Å². The lowest BCUT2D eigenvalue weighted by molar-refractivity contribution is 0.102. The molecule has 23 heavy (non-hydrogen) atoms. The van der Waals surface area contributed by atoms with Crippen LogP contribution in [0.4, 0.5) is 11.5 Å². The average Bonchev–Trinajstić information content (AvgIpc) is 2.48. The van der Waals surface area contributed by atoms with E-state index in [4.69, 9.17) is 0 Å². The molecule has 2 N–H and O–H groups in total. The number of carbonyl (C=O) groups is 1. The quantitative estimate of drug-likeness (QED) is 0.809. The van der Waals surface area contributed by atoms with Gasteiger partial charge in [-0.3, -0.25) is 4.79 Å². The third-order valence-electron chi connectivity index (χ3n) is 3.04. The zero-order valence-electron chi connectivity index (χ0n) is 13.4. The summed E-state index contributed by atoms with van der Waals surface area (Å²) in [6, 6.07) is 9.06. The first kappa shape index (κ1) is 17.4. The van der Waals surface area contributed by atoms with Crippen LogP contribution in [-0.4, -0.2) is 48.0 Å². The number of benzene rings is 1. The maximum Gasteiger partial charge on any atom is 0.274 e. The monoisotopic (exact) mass is 377 g/mol. The summed E-state index contributed by atoms with van der Waals surface area (Å²) >= 11 is 3.36. The highest BCUT2D eigenvalue weighted by molar-refractivity contribution is 9.10. The molecule has 1 aromatic heterocycles. The minimum absolute atomic E-state index is 0.256. The molecular weight excluding hydrogens is 358 g/mol. The summed E-state index contributed by atoms with van der Waals surface area (Å²) in [5, 5.41) is 6.03. The van der Waals surface area contributed by atoms with Crippen LogP contribution >= 0.6 is 15.9 Å². The van der Waals surface area contributed by atoms with E-state index in [1.54, 1.807) is 13.0 Å². The van der Waals surface area contributed by atoms with Crippen LogP contribution in [0.2, 0.25) is 0 Å². The Labute approximate surface area is 144 Å². The third kappa shape index (κ3) is 5.61. The zero-order chi connectivity index (χ0) is 16.8. The van der Waals surface area contributed by atoms with Gasteiger partial charge in [0.05, 0.1) is 0 Å². The molecule has 0 fully saturated rings. The van der Waals surface area contributed by atoms with E-state index in [1.165, 1.54) is 0 Å². The second kappa shape index (κ2) is 8.03. The average molecular weight is 378 g/mol. The van der Waals surface area contributed by atoms with E-state index in [0.29, 0.717) is 17.3 Å². The maximum atomic E-state index is 12.3. The molecule has 0 saturated carbocycles. The predicted molar refractivity (Wildman–Crippen MR) is 95.9 cm³/mol. The van der Waals surface area contributed by atoms with Crippen molar-refractivity contribution in [1.82, 2.24) is 14.9 Å². The minimum Gasteiger partial charge on any atom is -0.369 e. The predicted octanol–water partition coefficient (Wildman–Crippen LogP) is 2.77. The van der Waals surface area contributed by atoms with Crippen molar-refractivity contribution in [2.45, 2.75) is 6.92 Å². The number of aromatic nitrogens is 2. The van der Waals surface area contributed by atoms with Gasteiger partial charge in [0, 0.05) is 29.3 Å². The third-order valence-corrected chi connectivity index (χ3v) is 3.57. The summed E-state index contributed by atoms with van der Waals surface area (Å²) in [7, 11) is 4.01. The van der Waals surface area contributed by atoms with E-state index < -0.39 is 0 Å². The zero-order valence-corrected chi connectivity index (χ0v) is 15.0. The number of carbonyl (C=O) groups excluding carboxylic acids is 1. The molecule has 6 nitrogen and oxygen atoms in total. The fraction of sp³-hybridized carbons (Fsp3) is 0.312. The Balaban J connectivity index is 2.07. The number of hydrogen-bond acceptors (Lipinski definition) is 5. The van der Waals surface area contributed by atoms with Gasteiger partial charge in [-0.1, -0.05) is 15.9 Å². The SMILES string of the molecule is Cc1nc(NCCN(C)C)cc(C(=O)Nc2ccc(Br)cc2)n1. The van der Waals surface area contributed by atoms with Crippen molar-refractivity contribution in [3.05, 3.63) is 46.3 Å². The van der Waals surface area contributed by atoms with Gasteiger partial charge in [0.1, 0.15) is 17.3 Å². The molecule has 0 unspecified atom stereocenters.